The van der Waals surface area contributed by atoms with Gasteiger partial charge in [0, 0.05) is 0 Å². The van der Waals surface area contributed by atoms with Crippen LogP contribution < -0.4 is 0 Å². The van der Waals surface area contributed by atoms with Gasteiger partial charge >= 0.3 is 17.1 Å². The van der Waals surface area contributed by atoms with Gasteiger partial charge in [0.1, 0.15) is 8.98 Å². The van der Waals surface area contributed by atoms with Crippen molar-refractivity contribution in [2.45, 2.75) is 0 Å². The SMILES string of the molecule is ClC(Cl)=C(Cl)Cl.O=[N+]([O-])[O-].O=[N+]([O-])[O-].[Mn+2]. The summed E-state index contributed by atoms with van der Waals surface area (Å²) in [6.07, 6.45) is 0. The molecule has 0 N–H and O–H groups in total. The minimum Gasteiger partial charge on any atom is -0.356 e. The van der Waals surface area contributed by atoms with E-state index in [2.05, 4.69) is 0 Å². The van der Waals surface area contributed by atoms with Crippen molar-refractivity contribution < 1.29 is 27.2 Å². The summed E-state index contributed by atoms with van der Waals surface area (Å²) in [4.78, 5) is 16.5. The van der Waals surface area contributed by atoms with Crippen molar-refractivity contribution in [1.29, 1.82) is 0 Å². The minimum absolute atomic E-state index is 0. The van der Waals surface area contributed by atoms with E-state index in [0.29, 0.717) is 0 Å². The Hall–Kier alpha value is -0.181. The predicted octanol–water partition coefficient (Wildman–Crippen LogP) is 2.59. The quantitative estimate of drug-likeness (QED) is 0.376. The first kappa shape index (κ1) is 24.2. The van der Waals surface area contributed by atoms with Crippen LogP contribution in [0.15, 0.2) is 8.98 Å². The summed E-state index contributed by atoms with van der Waals surface area (Å²) in [5.41, 5.74) is 0. The van der Waals surface area contributed by atoms with E-state index in [9.17, 15) is 0 Å². The third-order valence-corrected chi connectivity index (χ3v) is 1.29. The molecule has 0 saturated carbocycles. The van der Waals surface area contributed by atoms with Gasteiger partial charge in [0.25, 0.3) is 0 Å². The van der Waals surface area contributed by atoms with Crippen LogP contribution in [0.1, 0.15) is 0 Å². The van der Waals surface area contributed by atoms with Crippen LogP contribution in [-0.2, 0) is 17.1 Å². The minimum atomic E-state index is -1.75. The Morgan fingerprint density at radius 2 is 0.800 bits per heavy atom. The summed E-state index contributed by atoms with van der Waals surface area (Å²) in [6, 6.07) is 0. The van der Waals surface area contributed by atoms with Gasteiger partial charge in [-0.1, -0.05) is 46.4 Å². The Bertz CT molecular complexity index is 185. The molecule has 0 aromatic carbocycles. The molecule has 0 aliphatic rings. The number of rotatable bonds is 0. The van der Waals surface area contributed by atoms with Crippen LogP contribution in [0, 0.1) is 30.6 Å². The average molecular weight is 345 g/mol. The standard InChI is InChI=1S/C2Cl4.Mn.2NO3/c3-1(4)2(5)6;;2*2-1(3)4/q;+2;2*-1. The zero-order valence-electron chi connectivity index (χ0n) is 6.23. The second kappa shape index (κ2) is 16.3. The van der Waals surface area contributed by atoms with Gasteiger partial charge in [0.15, 0.2) is 0 Å². The molecule has 0 amide bonds. The Morgan fingerprint density at radius 3 is 0.800 bits per heavy atom. The van der Waals surface area contributed by atoms with Gasteiger partial charge in [-0.05, 0) is 0 Å². The second-order valence-corrected chi connectivity index (χ2v) is 2.87. The topological polar surface area (TPSA) is 132 Å². The van der Waals surface area contributed by atoms with E-state index in [1.54, 1.807) is 0 Å². The molecule has 0 rings (SSSR count). The third kappa shape index (κ3) is 132. The van der Waals surface area contributed by atoms with Crippen LogP contribution in [0.3, 0.4) is 0 Å². The fourth-order valence-corrected chi connectivity index (χ4v) is 0. The summed E-state index contributed by atoms with van der Waals surface area (Å²) < 4.78 is -0.198. The Balaban J connectivity index is -0.0000000606. The third-order valence-electron chi connectivity index (χ3n) is 0.143. The average Bonchev–Trinajstić information content (AvgIpc) is 1.83. The van der Waals surface area contributed by atoms with Crippen molar-refractivity contribution in [1.82, 2.24) is 0 Å². The van der Waals surface area contributed by atoms with E-state index in [4.69, 9.17) is 77.0 Å². The van der Waals surface area contributed by atoms with Gasteiger partial charge in [-0.25, -0.2) is 0 Å². The summed E-state index contributed by atoms with van der Waals surface area (Å²) >= 11 is 20.0. The molecule has 0 spiro atoms. The van der Waals surface area contributed by atoms with E-state index >= 15 is 0 Å². The van der Waals surface area contributed by atoms with Crippen molar-refractivity contribution in [2.75, 3.05) is 0 Å². The van der Waals surface area contributed by atoms with E-state index in [0.717, 1.165) is 0 Å². The van der Waals surface area contributed by atoms with Gasteiger partial charge in [-0.15, -0.1) is 0 Å². The van der Waals surface area contributed by atoms with Crippen LogP contribution in [0.2, 0.25) is 0 Å². The van der Waals surface area contributed by atoms with Gasteiger partial charge in [0.05, 0.1) is 10.2 Å². The molecule has 8 nitrogen and oxygen atoms in total. The number of hydrogen-bond donors (Lipinski definition) is 0. The van der Waals surface area contributed by atoms with Crippen LogP contribution in [-0.4, -0.2) is 10.2 Å². The molecule has 89 valence electrons. The zero-order chi connectivity index (χ0) is 12.3. The molecule has 0 saturated heterocycles. The summed E-state index contributed by atoms with van der Waals surface area (Å²) in [7, 11) is 0. The molecule has 0 aromatic rings. The number of nitrogens with zero attached hydrogens (tertiary/aromatic N) is 2. The Morgan fingerprint density at radius 1 is 0.733 bits per heavy atom. The van der Waals surface area contributed by atoms with Crippen molar-refractivity contribution in [3.63, 3.8) is 0 Å². The van der Waals surface area contributed by atoms with Gasteiger partial charge in [-0.2, -0.15) is 0 Å². The van der Waals surface area contributed by atoms with Gasteiger partial charge < -0.3 is 30.6 Å². The van der Waals surface area contributed by atoms with Crippen LogP contribution in [0.25, 0.3) is 0 Å². The number of halogens is 4. The zero-order valence-corrected chi connectivity index (χ0v) is 10.4. The van der Waals surface area contributed by atoms with E-state index in [1.807, 2.05) is 0 Å². The Kier molecular flexibility index (Phi) is 26.2. The fourth-order valence-electron chi connectivity index (χ4n) is 0. The molecule has 0 aromatic heterocycles. The van der Waals surface area contributed by atoms with Crippen molar-refractivity contribution >= 4 is 46.4 Å². The first-order chi connectivity index (χ1) is 6.11. The first-order valence-electron chi connectivity index (χ1n) is 2.10. The molecule has 1 radical (unpaired) electrons. The van der Waals surface area contributed by atoms with E-state index in [1.165, 1.54) is 0 Å². The molecule has 0 fully saturated rings. The van der Waals surface area contributed by atoms with Gasteiger partial charge in [0.2, 0.25) is 0 Å². The van der Waals surface area contributed by atoms with E-state index < -0.39 is 10.2 Å². The molecule has 0 bridgehead atoms. The molecule has 15 heavy (non-hydrogen) atoms. The molecular weight excluding hydrogens is 345 g/mol. The molecule has 0 aliphatic carbocycles. The van der Waals surface area contributed by atoms with E-state index in [-0.39, 0.29) is 26.1 Å². The molecule has 13 heteroatoms. The fraction of sp³-hybridized carbons (Fsp3) is 0. The molecule has 0 atom stereocenters. The van der Waals surface area contributed by atoms with Crippen LogP contribution in [0.5, 0.6) is 0 Å². The van der Waals surface area contributed by atoms with Crippen molar-refractivity contribution in [2.24, 2.45) is 0 Å². The monoisotopic (exact) mass is 343 g/mol. The summed E-state index contributed by atoms with van der Waals surface area (Å²) in [6.45, 7) is 0. The van der Waals surface area contributed by atoms with Crippen molar-refractivity contribution in [3.05, 3.63) is 39.6 Å². The maximum atomic E-state index is 8.25. The number of hydrogen-bond acceptors (Lipinski definition) is 6. The normalized spacial score (nSPS) is 6.40. The molecule has 0 unspecified atom stereocenters. The maximum Gasteiger partial charge on any atom is 2.00 e. The molecular formula is C2Cl4MnN2O6. The second-order valence-electron chi connectivity index (χ2n) is 0.968. The van der Waals surface area contributed by atoms with Crippen molar-refractivity contribution in [3.8, 4) is 0 Å². The van der Waals surface area contributed by atoms with Crippen LogP contribution in [0.4, 0.5) is 0 Å². The molecule has 0 aliphatic heterocycles. The largest absolute Gasteiger partial charge is 2.00 e. The first-order valence-corrected chi connectivity index (χ1v) is 3.61. The molecule has 0 heterocycles. The smallest absolute Gasteiger partial charge is 0.356 e. The summed E-state index contributed by atoms with van der Waals surface area (Å²) in [5, 5.41) is 29.5. The summed E-state index contributed by atoms with van der Waals surface area (Å²) in [5.74, 6) is 0. The van der Waals surface area contributed by atoms with Gasteiger partial charge in [-0.3, -0.25) is 0 Å². The maximum absolute atomic E-state index is 8.25. The van der Waals surface area contributed by atoms with Crippen LogP contribution >= 0.6 is 46.4 Å². The predicted molar refractivity (Wildman–Crippen MR) is 51.2 cm³/mol. The Labute approximate surface area is 113 Å².